The first-order valence-electron chi connectivity index (χ1n) is 9.84. The molecule has 8 heteroatoms. The molecule has 2 aromatic carbocycles. The minimum absolute atomic E-state index is 0.0555. The number of rotatable bonds is 6. The molecule has 0 spiro atoms. The predicted molar refractivity (Wildman–Crippen MR) is 118 cm³/mol. The van der Waals surface area contributed by atoms with Gasteiger partial charge in [0.15, 0.2) is 15.0 Å². The third-order valence-corrected chi connectivity index (χ3v) is 7.91. The summed E-state index contributed by atoms with van der Waals surface area (Å²) in [5.41, 5.74) is 2.43. The second-order valence-electron chi connectivity index (χ2n) is 7.19. The number of carbonyl (C=O) groups is 1. The zero-order valence-electron chi connectivity index (χ0n) is 16.7. The topological polar surface area (TPSA) is 79.4 Å². The zero-order chi connectivity index (χ0) is 21.1. The maximum absolute atomic E-state index is 12.8. The Bertz CT molecular complexity index is 1160. The Morgan fingerprint density at radius 1 is 1.13 bits per heavy atom. The van der Waals surface area contributed by atoms with Crippen molar-refractivity contribution in [2.24, 2.45) is 0 Å². The van der Waals surface area contributed by atoms with Crippen molar-refractivity contribution in [3.63, 3.8) is 0 Å². The van der Waals surface area contributed by atoms with E-state index in [4.69, 9.17) is 0 Å². The number of fused-ring (bicyclic) bond motifs is 1. The number of anilines is 1. The molecule has 0 bridgehead atoms. The summed E-state index contributed by atoms with van der Waals surface area (Å²) in [4.78, 5) is 20.9. The summed E-state index contributed by atoms with van der Waals surface area (Å²) in [5, 5.41) is 3.31. The Balaban J connectivity index is 1.49. The van der Waals surface area contributed by atoms with Gasteiger partial charge in [-0.15, -0.1) is 11.3 Å². The van der Waals surface area contributed by atoms with Crippen LogP contribution in [-0.2, 0) is 29.3 Å². The molecule has 1 N–H and O–H groups in total. The standard InChI is InChI=1S/C22H23N3O3S2/c1-2-30(27,28)20-11-7-6-10-17(20)21(26)24-22-23-18-12-13-25(15-19(18)29-22)14-16-8-4-3-5-9-16/h3-11H,2,12-15H2,1H3,(H,23,24,26). The van der Waals surface area contributed by atoms with Crippen molar-refractivity contribution in [2.45, 2.75) is 31.3 Å². The van der Waals surface area contributed by atoms with Gasteiger partial charge in [-0.1, -0.05) is 49.4 Å². The molecule has 2 heterocycles. The minimum atomic E-state index is -3.49. The van der Waals surface area contributed by atoms with Crippen molar-refractivity contribution in [3.8, 4) is 0 Å². The monoisotopic (exact) mass is 441 g/mol. The molecule has 1 aliphatic rings. The number of sulfone groups is 1. The molecule has 0 aliphatic carbocycles. The fraction of sp³-hybridized carbons (Fsp3) is 0.273. The van der Waals surface area contributed by atoms with Gasteiger partial charge in [0.05, 0.1) is 21.9 Å². The first-order valence-corrected chi connectivity index (χ1v) is 12.3. The quantitative estimate of drug-likeness (QED) is 0.630. The molecular weight excluding hydrogens is 418 g/mol. The predicted octanol–water partition coefficient (Wildman–Crippen LogP) is 3.75. The van der Waals surface area contributed by atoms with E-state index in [1.165, 1.54) is 29.0 Å². The van der Waals surface area contributed by atoms with Crippen LogP contribution in [0.4, 0.5) is 5.13 Å². The largest absolute Gasteiger partial charge is 0.298 e. The van der Waals surface area contributed by atoms with Gasteiger partial charge in [0, 0.05) is 30.9 Å². The number of amides is 1. The van der Waals surface area contributed by atoms with Gasteiger partial charge in [-0.05, 0) is 17.7 Å². The smallest absolute Gasteiger partial charge is 0.258 e. The number of nitrogens with zero attached hydrogens (tertiary/aromatic N) is 2. The van der Waals surface area contributed by atoms with E-state index in [2.05, 4.69) is 27.3 Å². The van der Waals surface area contributed by atoms with Crippen molar-refractivity contribution in [1.29, 1.82) is 0 Å². The van der Waals surface area contributed by atoms with Crippen molar-refractivity contribution in [2.75, 3.05) is 17.6 Å². The highest BCUT2D eigenvalue weighted by Crippen LogP contribution is 2.29. The lowest BCUT2D eigenvalue weighted by Crippen LogP contribution is -2.29. The number of thiazole rings is 1. The van der Waals surface area contributed by atoms with E-state index in [1.807, 2.05) is 18.2 Å². The summed E-state index contributed by atoms with van der Waals surface area (Å²) in [6.07, 6.45) is 0.829. The number of hydrogen-bond acceptors (Lipinski definition) is 6. The fourth-order valence-corrected chi connectivity index (χ4v) is 5.66. The molecule has 1 amide bonds. The van der Waals surface area contributed by atoms with Gasteiger partial charge in [0.1, 0.15) is 0 Å². The molecule has 0 saturated carbocycles. The Hall–Kier alpha value is -2.55. The lowest BCUT2D eigenvalue weighted by atomic mass is 10.1. The van der Waals surface area contributed by atoms with Crippen molar-refractivity contribution in [3.05, 3.63) is 76.3 Å². The molecule has 4 rings (SSSR count). The third kappa shape index (κ3) is 4.45. The second kappa shape index (κ2) is 8.67. The van der Waals surface area contributed by atoms with Gasteiger partial charge in [-0.25, -0.2) is 13.4 Å². The zero-order valence-corrected chi connectivity index (χ0v) is 18.3. The normalized spacial score (nSPS) is 14.3. The molecule has 0 fully saturated rings. The van der Waals surface area contributed by atoms with Crippen LogP contribution in [0.1, 0.15) is 33.4 Å². The lowest BCUT2D eigenvalue weighted by Gasteiger charge is -2.25. The van der Waals surface area contributed by atoms with Crippen LogP contribution in [0.25, 0.3) is 0 Å². The van der Waals surface area contributed by atoms with Crippen LogP contribution in [0.2, 0.25) is 0 Å². The van der Waals surface area contributed by atoms with E-state index in [0.717, 1.165) is 36.6 Å². The van der Waals surface area contributed by atoms with Gasteiger partial charge in [0.2, 0.25) is 0 Å². The average Bonchev–Trinajstić information content (AvgIpc) is 3.16. The first-order chi connectivity index (χ1) is 14.5. The second-order valence-corrected chi connectivity index (χ2v) is 10.5. The molecule has 0 atom stereocenters. The molecule has 1 aliphatic heterocycles. The maximum atomic E-state index is 12.8. The van der Waals surface area contributed by atoms with Gasteiger partial charge in [0.25, 0.3) is 5.91 Å². The first kappa shape index (κ1) is 20.7. The summed E-state index contributed by atoms with van der Waals surface area (Å²) in [6.45, 7) is 4.15. The van der Waals surface area contributed by atoms with E-state index >= 15 is 0 Å². The van der Waals surface area contributed by atoms with Crippen LogP contribution in [-0.4, -0.2) is 36.5 Å². The Morgan fingerprint density at radius 2 is 1.87 bits per heavy atom. The third-order valence-electron chi connectivity index (χ3n) is 5.13. The highest BCUT2D eigenvalue weighted by molar-refractivity contribution is 7.91. The van der Waals surface area contributed by atoms with Gasteiger partial charge < -0.3 is 0 Å². The Morgan fingerprint density at radius 3 is 2.63 bits per heavy atom. The molecule has 0 unspecified atom stereocenters. The molecule has 0 radical (unpaired) electrons. The van der Waals surface area contributed by atoms with E-state index in [-0.39, 0.29) is 16.2 Å². The number of carbonyl (C=O) groups excluding carboxylic acids is 1. The van der Waals surface area contributed by atoms with Gasteiger partial charge >= 0.3 is 0 Å². The molecule has 0 saturated heterocycles. The van der Waals surface area contributed by atoms with E-state index in [1.54, 1.807) is 19.1 Å². The number of nitrogens with one attached hydrogen (secondary N) is 1. The van der Waals surface area contributed by atoms with Gasteiger partial charge in [-0.3, -0.25) is 15.0 Å². The van der Waals surface area contributed by atoms with Crippen molar-refractivity contribution in [1.82, 2.24) is 9.88 Å². The molecule has 156 valence electrons. The van der Waals surface area contributed by atoms with E-state index in [0.29, 0.717) is 5.13 Å². The highest BCUT2D eigenvalue weighted by Gasteiger charge is 2.24. The highest BCUT2D eigenvalue weighted by atomic mass is 32.2. The molecule has 6 nitrogen and oxygen atoms in total. The summed E-state index contributed by atoms with van der Waals surface area (Å²) in [6, 6.07) is 16.6. The van der Waals surface area contributed by atoms with Crippen molar-refractivity contribution < 1.29 is 13.2 Å². The molecule has 30 heavy (non-hydrogen) atoms. The van der Waals surface area contributed by atoms with Crippen molar-refractivity contribution >= 4 is 32.2 Å². The van der Waals surface area contributed by atoms with Crippen LogP contribution < -0.4 is 5.32 Å². The Labute approximate surface area is 180 Å². The van der Waals surface area contributed by atoms with Crippen LogP contribution in [0.15, 0.2) is 59.5 Å². The number of benzene rings is 2. The summed E-state index contributed by atoms with van der Waals surface area (Å²) in [7, 11) is -3.49. The Kier molecular flexibility index (Phi) is 5.99. The van der Waals surface area contributed by atoms with Gasteiger partial charge in [-0.2, -0.15) is 0 Å². The number of aromatic nitrogens is 1. The lowest BCUT2D eigenvalue weighted by molar-refractivity contribution is 0.102. The summed E-state index contributed by atoms with van der Waals surface area (Å²) in [5.74, 6) is -0.505. The maximum Gasteiger partial charge on any atom is 0.258 e. The van der Waals surface area contributed by atoms with E-state index < -0.39 is 15.7 Å². The molecule has 3 aromatic rings. The van der Waals surface area contributed by atoms with E-state index in [9.17, 15) is 13.2 Å². The molecular formula is C22H23N3O3S2. The fourth-order valence-electron chi connectivity index (χ4n) is 3.52. The minimum Gasteiger partial charge on any atom is -0.298 e. The SMILES string of the molecule is CCS(=O)(=O)c1ccccc1C(=O)Nc1nc2c(s1)CN(Cc1ccccc1)CC2. The van der Waals surface area contributed by atoms with Crippen LogP contribution in [0.5, 0.6) is 0 Å². The van der Waals surface area contributed by atoms with Crippen LogP contribution in [0.3, 0.4) is 0 Å². The van der Waals surface area contributed by atoms with Crippen LogP contribution in [0, 0.1) is 0 Å². The summed E-state index contributed by atoms with van der Waals surface area (Å²) >= 11 is 1.46. The summed E-state index contributed by atoms with van der Waals surface area (Å²) < 4.78 is 24.7. The number of hydrogen-bond donors (Lipinski definition) is 1. The average molecular weight is 442 g/mol. The van der Waals surface area contributed by atoms with Crippen LogP contribution >= 0.6 is 11.3 Å². The molecule has 1 aromatic heterocycles.